The van der Waals surface area contributed by atoms with Crippen LogP contribution in [0.1, 0.15) is 25.8 Å². The van der Waals surface area contributed by atoms with Crippen molar-refractivity contribution in [3.63, 3.8) is 0 Å². The number of hydrogen-bond acceptors (Lipinski definition) is 1. The fourth-order valence-electron chi connectivity index (χ4n) is 1.67. The lowest BCUT2D eigenvalue weighted by Crippen LogP contribution is -2.38. The average Bonchev–Trinajstić information content (AvgIpc) is 2.34. The van der Waals surface area contributed by atoms with Gasteiger partial charge in [-0.25, -0.2) is 0 Å². The number of rotatable bonds is 5. The maximum atomic E-state index is 5.99. The van der Waals surface area contributed by atoms with Gasteiger partial charge in [0.1, 0.15) is 0 Å². The summed E-state index contributed by atoms with van der Waals surface area (Å²) >= 11 is 5.99. The monoisotopic (exact) mass is 395 g/mol. The first-order valence-electron chi connectivity index (χ1n) is 6.41. The highest BCUT2D eigenvalue weighted by molar-refractivity contribution is 14.0. The first-order chi connectivity index (χ1) is 8.67. The predicted octanol–water partition coefficient (Wildman–Crippen LogP) is 3.77. The summed E-state index contributed by atoms with van der Waals surface area (Å²) in [7, 11) is 2.04. The van der Waals surface area contributed by atoms with Crippen molar-refractivity contribution in [3.05, 3.63) is 34.9 Å². The van der Waals surface area contributed by atoms with Gasteiger partial charge in [-0.05, 0) is 31.0 Å². The van der Waals surface area contributed by atoms with Crippen LogP contribution in [0.15, 0.2) is 29.3 Å². The molecule has 0 atom stereocenters. The molecule has 0 aliphatic heterocycles. The minimum absolute atomic E-state index is 0. The molecule has 1 aromatic carbocycles. The predicted molar refractivity (Wildman–Crippen MR) is 94.6 cm³/mol. The lowest BCUT2D eigenvalue weighted by molar-refractivity contribution is 0.477. The van der Waals surface area contributed by atoms with Crippen LogP contribution in [0.25, 0.3) is 0 Å². The number of nitrogens with zero attached hydrogens (tertiary/aromatic N) is 2. The normalized spacial score (nSPS) is 10.8. The molecule has 0 saturated heterocycles. The Bertz CT molecular complexity index is 396. The van der Waals surface area contributed by atoms with E-state index in [1.807, 2.05) is 25.2 Å². The molecule has 0 unspecified atom stereocenters. The topological polar surface area (TPSA) is 27.6 Å². The second-order valence-electron chi connectivity index (χ2n) is 4.22. The Hall–Kier alpha value is -0.490. The zero-order valence-corrected chi connectivity index (χ0v) is 14.9. The molecule has 1 rings (SSSR count). The number of benzene rings is 1. The molecule has 0 spiro atoms. The Balaban J connectivity index is 0.00000324. The fraction of sp³-hybridized carbons (Fsp3) is 0.500. The van der Waals surface area contributed by atoms with E-state index in [1.165, 1.54) is 5.56 Å². The van der Waals surface area contributed by atoms with Crippen LogP contribution >= 0.6 is 35.6 Å². The van der Waals surface area contributed by atoms with Gasteiger partial charge in [-0.2, -0.15) is 0 Å². The van der Waals surface area contributed by atoms with E-state index >= 15 is 0 Å². The average molecular weight is 396 g/mol. The molecule has 0 bridgehead atoms. The summed E-state index contributed by atoms with van der Waals surface area (Å²) in [5.74, 6) is 0.944. The van der Waals surface area contributed by atoms with Gasteiger partial charge in [0.05, 0.1) is 0 Å². The van der Waals surface area contributed by atoms with Gasteiger partial charge < -0.3 is 10.2 Å². The zero-order valence-electron chi connectivity index (χ0n) is 11.8. The van der Waals surface area contributed by atoms with Crippen molar-refractivity contribution in [1.82, 2.24) is 10.2 Å². The van der Waals surface area contributed by atoms with E-state index in [-0.39, 0.29) is 24.0 Å². The lowest BCUT2D eigenvalue weighted by Gasteiger charge is -2.22. The molecule has 0 aromatic heterocycles. The second-order valence-corrected chi connectivity index (χ2v) is 4.66. The van der Waals surface area contributed by atoms with Crippen LogP contribution in [0.4, 0.5) is 0 Å². The van der Waals surface area contributed by atoms with Crippen molar-refractivity contribution in [2.75, 3.05) is 20.1 Å². The molecule has 0 fully saturated rings. The molecule has 0 heterocycles. The van der Waals surface area contributed by atoms with Crippen LogP contribution in [0.3, 0.4) is 0 Å². The first-order valence-corrected chi connectivity index (χ1v) is 6.79. The fourth-order valence-corrected chi connectivity index (χ4v) is 1.88. The van der Waals surface area contributed by atoms with E-state index in [4.69, 9.17) is 11.6 Å². The summed E-state index contributed by atoms with van der Waals surface area (Å²) in [6, 6.07) is 7.93. The van der Waals surface area contributed by atoms with Crippen LogP contribution in [-0.4, -0.2) is 31.0 Å². The molecule has 0 radical (unpaired) electrons. The van der Waals surface area contributed by atoms with Crippen LogP contribution < -0.4 is 5.32 Å². The van der Waals surface area contributed by atoms with Crippen LogP contribution in [0.2, 0.25) is 5.02 Å². The van der Waals surface area contributed by atoms with Gasteiger partial charge in [-0.3, -0.25) is 4.99 Å². The molecular weight excluding hydrogens is 373 g/mol. The number of nitrogens with one attached hydrogen (secondary N) is 1. The third-order valence-corrected chi connectivity index (χ3v) is 2.73. The summed E-state index contributed by atoms with van der Waals surface area (Å²) < 4.78 is 0. The third kappa shape index (κ3) is 7.01. The van der Waals surface area contributed by atoms with Crippen LogP contribution in [-0.2, 0) is 6.54 Å². The van der Waals surface area contributed by atoms with Crippen molar-refractivity contribution >= 4 is 41.5 Å². The van der Waals surface area contributed by atoms with Gasteiger partial charge in [0.2, 0.25) is 0 Å². The van der Waals surface area contributed by atoms with Gasteiger partial charge in [-0.15, -0.1) is 24.0 Å². The summed E-state index contributed by atoms with van der Waals surface area (Å²) in [5, 5.41) is 4.07. The van der Waals surface area contributed by atoms with E-state index < -0.39 is 0 Å². The van der Waals surface area contributed by atoms with Crippen molar-refractivity contribution in [2.24, 2.45) is 4.99 Å². The molecule has 0 aliphatic rings. The number of aliphatic imine (C=N–C) groups is 1. The standard InChI is InChI=1S/C14H22ClN3.HI/c1-4-9-17-14(16-5-2)18(3)11-12-7-6-8-13(15)10-12;/h6-8,10H,4-5,9,11H2,1-3H3,(H,16,17);1H. The van der Waals surface area contributed by atoms with Crippen molar-refractivity contribution in [3.8, 4) is 0 Å². The lowest BCUT2D eigenvalue weighted by atomic mass is 10.2. The Kier molecular flexibility index (Phi) is 10.0. The van der Waals surface area contributed by atoms with Crippen molar-refractivity contribution in [1.29, 1.82) is 0 Å². The number of hydrogen-bond donors (Lipinski definition) is 1. The molecular formula is C14H23ClIN3. The smallest absolute Gasteiger partial charge is 0.193 e. The van der Waals surface area contributed by atoms with E-state index in [2.05, 4.69) is 35.1 Å². The number of guanidine groups is 1. The molecule has 3 nitrogen and oxygen atoms in total. The van der Waals surface area contributed by atoms with Gasteiger partial charge in [0.25, 0.3) is 0 Å². The van der Waals surface area contributed by atoms with Crippen LogP contribution in [0, 0.1) is 0 Å². The molecule has 108 valence electrons. The van der Waals surface area contributed by atoms with Crippen LogP contribution in [0.5, 0.6) is 0 Å². The largest absolute Gasteiger partial charge is 0.357 e. The van der Waals surface area contributed by atoms with E-state index in [0.29, 0.717) is 0 Å². The molecule has 19 heavy (non-hydrogen) atoms. The molecule has 0 amide bonds. The highest BCUT2D eigenvalue weighted by Gasteiger charge is 2.06. The Labute approximate surface area is 138 Å². The number of halogens is 2. The van der Waals surface area contributed by atoms with Gasteiger partial charge in [-0.1, -0.05) is 30.7 Å². The Morgan fingerprint density at radius 1 is 1.37 bits per heavy atom. The SMILES string of the molecule is CCCN=C(NCC)N(C)Cc1cccc(Cl)c1.I. The Morgan fingerprint density at radius 2 is 2.11 bits per heavy atom. The highest BCUT2D eigenvalue weighted by atomic mass is 127. The highest BCUT2D eigenvalue weighted by Crippen LogP contribution is 2.12. The Morgan fingerprint density at radius 3 is 2.68 bits per heavy atom. The van der Waals surface area contributed by atoms with E-state index in [9.17, 15) is 0 Å². The summed E-state index contributed by atoms with van der Waals surface area (Å²) in [6.45, 7) is 6.74. The van der Waals surface area contributed by atoms with Crippen molar-refractivity contribution in [2.45, 2.75) is 26.8 Å². The molecule has 0 aliphatic carbocycles. The first kappa shape index (κ1) is 18.5. The zero-order chi connectivity index (χ0) is 13.4. The van der Waals surface area contributed by atoms with E-state index in [1.54, 1.807) is 0 Å². The summed E-state index contributed by atoms with van der Waals surface area (Å²) in [5.41, 5.74) is 1.19. The second kappa shape index (κ2) is 10.3. The van der Waals surface area contributed by atoms with Gasteiger partial charge >= 0.3 is 0 Å². The summed E-state index contributed by atoms with van der Waals surface area (Å²) in [6.07, 6.45) is 1.06. The molecule has 1 N–H and O–H groups in total. The maximum absolute atomic E-state index is 5.99. The van der Waals surface area contributed by atoms with Gasteiger partial charge in [0.15, 0.2) is 5.96 Å². The maximum Gasteiger partial charge on any atom is 0.193 e. The van der Waals surface area contributed by atoms with Crippen molar-refractivity contribution < 1.29 is 0 Å². The quantitative estimate of drug-likeness (QED) is 0.467. The minimum Gasteiger partial charge on any atom is -0.357 e. The van der Waals surface area contributed by atoms with Gasteiger partial charge in [0, 0.05) is 31.7 Å². The molecule has 0 saturated carbocycles. The molecule has 5 heteroatoms. The molecule has 1 aromatic rings. The third-order valence-electron chi connectivity index (χ3n) is 2.49. The minimum atomic E-state index is 0. The van der Waals surface area contributed by atoms with E-state index in [0.717, 1.165) is 37.0 Å². The summed E-state index contributed by atoms with van der Waals surface area (Å²) in [4.78, 5) is 6.66.